The molecule has 504 valence electrons. The van der Waals surface area contributed by atoms with Gasteiger partial charge in [-0.1, -0.05) is 35.3 Å². The summed E-state index contributed by atoms with van der Waals surface area (Å²) in [7, 11) is 0. The summed E-state index contributed by atoms with van der Waals surface area (Å²) >= 11 is 3.83. The van der Waals surface area contributed by atoms with Gasteiger partial charge in [0.25, 0.3) is 0 Å². The van der Waals surface area contributed by atoms with Gasteiger partial charge in [0.2, 0.25) is 0 Å². The molecule has 0 spiro atoms. The zero-order valence-electron chi connectivity index (χ0n) is 52.6. The predicted octanol–water partition coefficient (Wildman–Crippen LogP) is 3.53. The van der Waals surface area contributed by atoms with E-state index in [-0.39, 0.29) is 52.1 Å². The second-order valence-electron chi connectivity index (χ2n) is 23.7. The number of piperazine rings is 3. The van der Waals surface area contributed by atoms with Crippen molar-refractivity contribution in [3.05, 3.63) is 168 Å². The fourth-order valence-corrected chi connectivity index (χ4v) is 16.4. The summed E-state index contributed by atoms with van der Waals surface area (Å²) in [6, 6.07) is 8.24. The van der Waals surface area contributed by atoms with E-state index in [1.54, 1.807) is 52.7 Å². The average molecular weight is 1450 g/mol. The van der Waals surface area contributed by atoms with E-state index >= 15 is 13.2 Å². The molecule has 0 bridgehead atoms. The molecule has 0 N–H and O–H groups in total. The molecule has 3 atom stereocenters. The number of fused-ring (bicyclic) bond motifs is 9. The Bertz CT molecular complexity index is 4610. The molecule has 97 heavy (non-hydrogen) atoms. The van der Waals surface area contributed by atoms with Gasteiger partial charge < -0.3 is 84.6 Å². The molecule has 0 saturated carbocycles. The van der Waals surface area contributed by atoms with Crippen LogP contribution in [0.5, 0.6) is 0 Å². The maximum atomic E-state index is 15.0. The van der Waals surface area contributed by atoms with E-state index < -0.39 is 85.8 Å². The number of benzene rings is 3. The van der Waals surface area contributed by atoms with Crippen LogP contribution >= 0.6 is 35.3 Å². The second-order valence-corrected chi connectivity index (χ2v) is 27.6. The largest absolute Gasteiger partial charge is 3.00 e. The summed E-state index contributed by atoms with van der Waals surface area (Å²) in [5.41, 5.74) is -0.795. The van der Waals surface area contributed by atoms with Gasteiger partial charge in [0.1, 0.15) is 34.7 Å². The molecule has 3 fully saturated rings. The van der Waals surface area contributed by atoms with Crippen LogP contribution in [0.2, 0.25) is 0 Å². The number of carbonyl (C=O) groups excluding carboxylic acids is 3. The van der Waals surface area contributed by atoms with Crippen LogP contribution in [-0.2, 0) is 19.6 Å². The molecule has 12 heterocycles. The van der Waals surface area contributed by atoms with Gasteiger partial charge in [0, 0.05) is 94.7 Å². The number of carboxylic acid groups (broad SMARTS) is 3. The molecule has 3 saturated heterocycles. The minimum absolute atomic E-state index is 0. The normalized spacial score (nSPS) is 18.4. The minimum Gasteiger partial charge on any atom is -0.545 e. The number of halogens is 3. The first-order chi connectivity index (χ1) is 45.7. The molecule has 9 aromatic rings. The summed E-state index contributed by atoms with van der Waals surface area (Å²) in [6.45, 7) is 18.8. The topological polar surface area (TPSA) is 336 Å². The van der Waals surface area contributed by atoms with Crippen molar-refractivity contribution in [2.24, 2.45) is 0 Å². The zero-order chi connectivity index (χ0) is 68.2. The number of carboxylic acids is 3. The third-order valence-corrected chi connectivity index (χ3v) is 21.5. The second kappa shape index (κ2) is 26.7. The third-order valence-electron chi connectivity index (χ3n) is 18.0. The van der Waals surface area contributed by atoms with E-state index in [0.29, 0.717) is 181 Å². The minimum atomic E-state index is -1.55. The standard InChI is InChI=1S/3C21H20FN3O6S.Ga/c3*1-10-16(31-21(29)30-10)9-23-3-5-24(6-4-23)15-8-14-12(7-13(15)22)18(26)17(20(27)28)19-25(14)11(2)32-19;/h3*7-8,11H,3-6,9H2,1-2H3,(H,27,28);/q;;;+3/p-3. The summed E-state index contributed by atoms with van der Waals surface area (Å²) < 4.78 is 80.2. The quantitative estimate of drug-likeness (QED) is 0.158. The Kier molecular flexibility index (Phi) is 18.9. The maximum absolute atomic E-state index is 15.0. The first-order valence-corrected chi connectivity index (χ1v) is 33.0. The Morgan fingerprint density at radius 1 is 0.412 bits per heavy atom. The van der Waals surface area contributed by atoms with Gasteiger partial charge in [-0.2, -0.15) is 0 Å². The van der Waals surface area contributed by atoms with Gasteiger partial charge in [-0.05, 0) is 77.9 Å². The van der Waals surface area contributed by atoms with Gasteiger partial charge in [-0.25, -0.2) is 27.6 Å². The number of rotatable bonds is 12. The van der Waals surface area contributed by atoms with Crippen LogP contribution in [-0.4, -0.2) is 145 Å². The number of aromatic carboxylic acids is 3. The van der Waals surface area contributed by atoms with E-state index in [4.69, 9.17) is 26.5 Å². The average Bonchev–Trinajstić information content (AvgIpc) is 0.821. The Balaban J connectivity index is 0.000000138. The summed E-state index contributed by atoms with van der Waals surface area (Å²) in [6.07, 6.45) is 0. The molecule has 15 rings (SSSR count). The molecule has 34 heteroatoms. The van der Waals surface area contributed by atoms with Crippen molar-refractivity contribution in [2.45, 2.75) is 92.4 Å². The predicted molar refractivity (Wildman–Crippen MR) is 343 cm³/mol. The monoisotopic (exact) mass is 1450 g/mol. The Labute approximate surface area is 570 Å². The molecule has 0 amide bonds. The molecule has 3 unspecified atom stereocenters. The van der Waals surface area contributed by atoms with Crippen LogP contribution < -0.4 is 63.8 Å². The maximum Gasteiger partial charge on any atom is 3.00 e. The van der Waals surface area contributed by atoms with Crippen LogP contribution in [0.1, 0.15) is 103 Å². The van der Waals surface area contributed by atoms with Crippen molar-refractivity contribution >= 4 is 123 Å². The Morgan fingerprint density at radius 3 is 0.845 bits per heavy atom. The first kappa shape index (κ1) is 68.4. The van der Waals surface area contributed by atoms with Crippen LogP contribution in [0.15, 0.2) is 107 Å². The first-order valence-electron chi connectivity index (χ1n) is 30.3. The molecule has 0 aliphatic carbocycles. The van der Waals surface area contributed by atoms with Crippen molar-refractivity contribution in [1.29, 1.82) is 0 Å². The molecule has 6 aromatic heterocycles. The molecule has 0 radical (unpaired) electrons. The number of hydrogen-bond donors (Lipinski definition) is 0. The van der Waals surface area contributed by atoms with Crippen molar-refractivity contribution < 1.29 is 69.4 Å². The third kappa shape index (κ3) is 12.6. The number of anilines is 3. The zero-order valence-corrected chi connectivity index (χ0v) is 57.5. The number of hydrogen-bond acceptors (Lipinski definition) is 27. The SMILES string of the molecule is Cc1oc(=O)oc1CN1CCN(c2cc3c(cc2F)c(=O)c(C(=O)[O-])c2n3C(C)S2)CC1.Cc1oc(=O)oc1CN1CCN(c2cc3c(cc2F)c(=O)c(C(=O)[O-])c2n3C(C)S2)CC1.Cc1oc(=O)oc1CN1CCN(c2cc3c(cc2F)c(=O)c(C(=O)[O-])c2n3C(C)S2)CC1.[Ga+3]. The molecule has 6 aliphatic heterocycles. The number of nitrogens with zero attached hydrogens (tertiary/aromatic N) is 9. The van der Waals surface area contributed by atoms with Crippen molar-refractivity contribution in [1.82, 2.24) is 28.4 Å². The van der Waals surface area contributed by atoms with Crippen molar-refractivity contribution in [2.75, 3.05) is 93.2 Å². The summed E-state index contributed by atoms with van der Waals surface area (Å²) in [4.78, 5) is 118. The van der Waals surface area contributed by atoms with Gasteiger partial charge in [0.15, 0.2) is 33.6 Å². The van der Waals surface area contributed by atoms with Gasteiger partial charge in [-0.15, -0.1) is 0 Å². The molecule has 6 aliphatic rings. The Hall–Kier alpha value is -8.51. The number of carbonyl (C=O) groups is 3. The van der Waals surface area contributed by atoms with Crippen molar-refractivity contribution in [3.8, 4) is 0 Å². The number of thioether (sulfide) groups is 3. The fourth-order valence-electron chi connectivity index (χ4n) is 13.0. The van der Waals surface area contributed by atoms with Crippen LogP contribution in [0.4, 0.5) is 30.2 Å². The van der Waals surface area contributed by atoms with Gasteiger partial charge in [-0.3, -0.25) is 29.1 Å². The van der Waals surface area contributed by atoms with E-state index in [1.807, 2.05) is 35.5 Å². The number of aromatic nitrogens is 3. The van der Waals surface area contributed by atoms with E-state index in [9.17, 15) is 58.5 Å². The summed E-state index contributed by atoms with van der Waals surface area (Å²) in [5.74, 6) is -5.79. The molecular weight excluding hydrogens is 1390 g/mol. The fraction of sp³-hybridized carbons (Fsp3) is 0.381. The van der Waals surface area contributed by atoms with Crippen molar-refractivity contribution in [3.63, 3.8) is 0 Å². The van der Waals surface area contributed by atoms with Crippen LogP contribution in [0, 0.1) is 38.2 Å². The van der Waals surface area contributed by atoms with Gasteiger partial charge >= 0.3 is 37.3 Å². The molecular formula is C63H57F3GaN9O18S3. The van der Waals surface area contributed by atoms with Crippen LogP contribution in [0.25, 0.3) is 32.7 Å². The Morgan fingerprint density at radius 2 is 0.649 bits per heavy atom. The molecule has 3 aromatic carbocycles. The molecule has 27 nitrogen and oxygen atoms in total. The van der Waals surface area contributed by atoms with E-state index in [2.05, 4.69) is 14.7 Å². The van der Waals surface area contributed by atoms with Crippen LogP contribution in [0.3, 0.4) is 0 Å². The number of aryl methyl sites for hydroxylation is 3. The van der Waals surface area contributed by atoms with Gasteiger partial charge in [0.05, 0.1) is 119 Å². The van der Waals surface area contributed by atoms with E-state index in [0.717, 1.165) is 18.2 Å². The summed E-state index contributed by atoms with van der Waals surface area (Å²) in [5, 5.41) is 35.4. The smallest absolute Gasteiger partial charge is 0.545 e. The number of pyridine rings is 3. The van der Waals surface area contributed by atoms with E-state index in [1.165, 1.54) is 35.3 Å².